The summed E-state index contributed by atoms with van der Waals surface area (Å²) in [5.74, 6) is -2.50. The van der Waals surface area contributed by atoms with Crippen molar-refractivity contribution < 1.29 is 28.2 Å². The molecule has 232 valence electrons. The number of carbonyl (C=O) groups is 3. The summed E-state index contributed by atoms with van der Waals surface area (Å²) in [7, 11) is 0. The molecule has 1 aromatic heterocycles. The van der Waals surface area contributed by atoms with E-state index in [1.54, 1.807) is 18.2 Å². The molecule has 0 saturated carbocycles. The van der Waals surface area contributed by atoms with Crippen molar-refractivity contribution in [3.63, 3.8) is 0 Å². The molecule has 0 bridgehead atoms. The monoisotopic (exact) mass is 655 g/mol. The Morgan fingerprint density at radius 1 is 0.913 bits per heavy atom. The maximum atomic E-state index is 13.9. The first-order valence-electron chi connectivity index (χ1n) is 14.5. The molecular weight excluding hydrogens is 630 g/mol. The number of nitrogens with one attached hydrogen (secondary N) is 2. The van der Waals surface area contributed by atoms with E-state index in [1.807, 2.05) is 49.4 Å². The molecule has 2 N–H and O–H groups in total. The molecular formula is C34H26FN3O6S2. The molecule has 46 heavy (non-hydrogen) atoms. The fraction of sp³-hybridized carbons (Fsp3) is 0.176. The van der Waals surface area contributed by atoms with Crippen LogP contribution in [0.3, 0.4) is 0 Å². The second-order valence-corrected chi connectivity index (χ2v) is 12.9. The number of halogens is 1. The number of ether oxygens (including phenoxy) is 2. The normalized spacial score (nSPS) is 18.7. The molecule has 0 spiro atoms. The number of anilines is 2. The quantitative estimate of drug-likeness (QED) is 0.199. The molecule has 2 aliphatic rings. The average molecular weight is 656 g/mol. The van der Waals surface area contributed by atoms with E-state index in [-0.39, 0.29) is 23.1 Å². The van der Waals surface area contributed by atoms with Crippen molar-refractivity contribution in [2.75, 3.05) is 23.4 Å². The number of nitrogens with zero attached hydrogens (tertiary/aromatic N) is 1. The van der Waals surface area contributed by atoms with Crippen LogP contribution in [0.15, 0.2) is 94.7 Å². The maximum Gasteiger partial charge on any atom is 0.305 e. The van der Waals surface area contributed by atoms with Gasteiger partial charge in [-0.1, -0.05) is 59.5 Å². The first kappa shape index (κ1) is 29.8. The number of carbonyl (C=O) groups excluding carboxylic acids is 3. The lowest BCUT2D eigenvalue weighted by Gasteiger charge is -2.30. The third-order valence-electron chi connectivity index (χ3n) is 7.93. The molecule has 0 radical (unpaired) electrons. The molecule has 3 amide bonds. The summed E-state index contributed by atoms with van der Waals surface area (Å²) in [5.41, 5.74) is 1.57. The van der Waals surface area contributed by atoms with E-state index in [9.17, 15) is 23.6 Å². The number of fused-ring (bicyclic) bond motifs is 3. The summed E-state index contributed by atoms with van der Waals surface area (Å²) in [6, 6.07) is 23.8. The highest BCUT2D eigenvalue weighted by molar-refractivity contribution is 8.00. The number of imide groups is 1. The highest BCUT2D eigenvalue weighted by Crippen LogP contribution is 2.53. The van der Waals surface area contributed by atoms with Crippen molar-refractivity contribution in [3.05, 3.63) is 111 Å². The zero-order valence-electron chi connectivity index (χ0n) is 24.3. The topological polar surface area (TPSA) is 118 Å². The Morgan fingerprint density at radius 3 is 2.48 bits per heavy atom. The van der Waals surface area contributed by atoms with Gasteiger partial charge in [0.25, 0.3) is 5.91 Å². The maximum absolute atomic E-state index is 13.9. The Morgan fingerprint density at radius 2 is 1.70 bits per heavy atom. The van der Waals surface area contributed by atoms with Gasteiger partial charge in [0.05, 0.1) is 23.2 Å². The first-order valence-corrected chi connectivity index (χ1v) is 16.2. The lowest BCUT2D eigenvalue weighted by molar-refractivity contribution is -0.122. The summed E-state index contributed by atoms with van der Waals surface area (Å²) < 4.78 is 25.4. The zero-order valence-corrected chi connectivity index (χ0v) is 26.0. The molecule has 12 heteroatoms. The minimum absolute atomic E-state index is 0.278. The van der Waals surface area contributed by atoms with E-state index in [1.165, 1.54) is 24.3 Å². The summed E-state index contributed by atoms with van der Waals surface area (Å²) in [6.07, 6.45) is 0. The molecule has 9 nitrogen and oxygen atoms in total. The van der Waals surface area contributed by atoms with Crippen LogP contribution < -0.4 is 24.6 Å². The van der Waals surface area contributed by atoms with E-state index in [0.717, 1.165) is 38.8 Å². The smallest absolute Gasteiger partial charge is 0.305 e. The van der Waals surface area contributed by atoms with Crippen molar-refractivity contribution in [3.8, 4) is 11.5 Å². The molecule has 4 aromatic carbocycles. The number of amides is 3. The highest BCUT2D eigenvalue weighted by Gasteiger charge is 2.56. The van der Waals surface area contributed by atoms with E-state index < -0.39 is 34.7 Å². The van der Waals surface area contributed by atoms with Crippen molar-refractivity contribution in [2.45, 2.75) is 23.1 Å². The van der Waals surface area contributed by atoms with Crippen LogP contribution in [0.1, 0.15) is 23.3 Å². The molecule has 5 aromatic rings. The van der Waals surface area contributed by atoms with Gasteiger partial charge in [-0.25, -0.2) is 9.29 Å². The number of aromatic amines is 1. The van der Waals surface area contributed by atoms with Gasteiger partial charge in [-0.15, -0.1) is 0 Å². The second kappa shape index (κ2) is 12.1. The fourth-order valence-corrected chi connectivity index (χ4v) is 8.45. The van der Waals surface area contributed by atoms with E-state index in [4.69, 9.17) is 9.47 Å². The predicted molar refractivity (Wildman–Crippen MR) is 174 cm³/mol. The number of thioether (sulfide) groups is 1. The molecule has 1 saturated heterocycles. The number of thiazole rings is 1. The molecule has 0 unspecified atom stereocenters. The third kappa shape index (κ3) is 5.43. The van der Waals surface area contributed by atoms with Gasteiger partial charge >= 0.3 is 4.87 Å². The fourth-order valence-electron chi connectivity index (χ4n) is 5.93. The van der Waals surface area contributed by atoms with Gasteiger partial charge in [0.15, 0.2) is 18.1 Å². The summed E-state index contributed by atoms with van der Waals surface area (Å²) in [5, 5.41) is 4.65. The van der Waals surface area contributed by atoms with Crippen LogP contribution in [0.4, 0.5) is 15.8 Å². The Labute approximate surface area is 270 Å². The largest absolute Gasteiger partial charge is 0.490 e. The third-order valence-corrected chi connectivity index (χ3v) is 10.3. The van der Waals surface area contributed by atoms with Gasteiger partial charge in [0.2, 0.25) is 11.8 Å². The van der Waals surface area contributed by atoms with Gasteiger partial charge in [0, 0.05) is 16.5 Å². The Hall–Kier alpha value is -4.94. The van der Waals surface area contributed by atoms with Crippen molar-refractivity contribution >= 4 is 63.0 Å². The SMILES string of the molecule is CCOc1cc([C@@H]2c3sc(=O)[nH]c3S[C@H]3C(=O)N(c4ccc(F)cc4)C(=O)[C@@H]23)ccc1OCC(=O)Nc1ccc2ccccc2c1. The van der Waals surface area contributed by atoms with Crippen molar-refractivity contribution in [2.24, 2.45) is 5.92 Å². The van der Waals surface area contributed by atoms with Crippen LogP contribution in [0.2, 0.25) is 0 Å². The number of H-pyrrole nitrogens is 1. The minimum Gasteiger partial charge on any atom is -0.490 e. The van der Waals surface area contributed by atoms with Gasteiger partial charge in [0.1, 0.15) is 11.1 Å². The van der Waals surface area contributed by atoms with Crippen LogP contribution in [0.5, 0.6) is 11.5 Å². The molecule has 1 fully saturated rings. The highest BCUT2D eigenvalue weighted by atomic mass is 32.2. The van der Waals surface area contributed by atoms with E-state index in [0.29, 0.717) is 39.3 Å². The van der Waals surface area contributed by atoms with Crippen molar-refractivity contribution in [1.29, 1.82) is 0 Å². The summed E-state index contributed by atoms with van der Waals surface area (Å²) in [4.78, 5) is 57.1. The van der Waals surface area contributed by atoms with Crippen LogP contribution >= 0.6 is 23.1 Å². The zero-order chi connectivity index (χ0) is 31.9. The number of aromatic nitrogens is 1. The molecule has 7 rings (SSSR count). The lowest BCUT2D eigenvalue weighted by atomic mass is 9.83. The molecule has 3 heterocycles. The van der Waals surface area contributed by atoms with Gasteiger partial charge < -0.3 is 19.8 Å². The van der Waals surface area contributed by atoms with Gasteiger partial charge in [-0.3, -0.25) is 19.2 Å². The van der Waals surface area contributed by atoms with Crippen LogP contribution in [-0.2, 0) is 14.4 Å². The molecule has 3 atom stereocenters. The average Bonchev–Trinajstić information content (AvgIpc) is 3.54. The Bertz CT molecular complexity index is 2060. The van der Waals surface area contributed by atoms with Gasteiger partial charge in [-0.05, 0) is 71.8 Å². The summed E-state index contributed by atoms with van der Waals surface area (Å²) in [6.45, 7) is 1.83. The lowest BCUT2D eigenvalue weighted by Crippen LogP contribution is -2.32. The van der Waals surface area contributed by atoms with Crippen LogP contribution in [0.25, 0.3) is 10.8 Å². The number of hydrogen-bond acceptors (Lipinski definition) is 8. The molecule has 0 aliphatic carbocycles. The summed E-state index contributed by atoms with van der Waals surface area (Å²) >= 11 is 2.15. The van der Waals surface area contributed by atoms with E-state index >= 15 is 0 Å². The number of benzene rings is 4. The number of hydrogen-bond donors (Lipinski definition) is 2. The second-order valence-electron chi connectivity index (χ2n) is 10.8. The Kier molecular flexibility index (Phi) is 7.83. The van der Waals surface area contributed by atoms with Gasteiger partial charge in [-0.2, -0.15) is 0 Å². The first-order chi connectivity index (χ1) is 22.3. The number of rotatable bonds is 8. The standard InChI is InChI=1S/C34H26FN3O6S2/c1-2-43-25-16-20(8-14-24(25)44-17-26(39)36-22-11-7-18-5-3-4-6-19(18)15-22)27-28-30(45-31-29(27)46-34(42)37-31)33(41)38(32(28)40)23-12-9-21(35)10-13-23/h3-16,27-28,30H,2,17H2,1H3,(H,36,39)(H,37,42)/t27-,28-,30+/m0/s1. The Balaban J connectivity index is 1.16. The van der Waals surface area contributed by atoms with Crippen molar-refractivity contribution in [1.82, 2.24) is 4.98 Å². The van der Waals surface area contributed by atoms with Crippen LogP contribution in [-0.4, -0.2) is 41.2 Å². The predicted octanol–water partition coefficient (Wildman–Crippen LogP) is 5.94. The van der Waals surface area contributed by atoms with E-state index in [2.05, 4.69) is 10.3 Å². The minimum atomic E-state index is -0.824. The molecule has 2 aliphatic heterocycles. The van der Waals surface area contributed by atoms with Crippen LogP contribution in [0, 0.1) is 11.7 Å².